The van der Waals surface area contributed by atoms with Crippen LogP contribution in [0.4, 0.5) is 0 Å². The number of rotatable bonds is 3. The van der Waals surface area contributed by atoms with Crippen LogP contribution >= 0.6 is 24.8 Å². The number of carbonyl (C=O) groups is 1. The summed E-state index contributed by atoms with van der Waals surface area (Å²) in [5.74, 6) is 0.0883. The van der Waals surface area contributed by atoms with Gasteiger partial charge < -0.3 is 10.6 Å². The normalized spacial score (nSPS) is 24.4. The highest BCUT2D eigenvalue weighted by molar-refractivity contribution is 5.85. The lowest BCUT2D eigenvalue weighted by Crippen LogP contribution is -2.53. The molecule has 0 aromatic carbocycles. The first-order valence-electron chi connectivity index (χ1n) is 6.94. The lowest BCUT2D eigenvalue weighted by atomic mass is 9.74. The molecule has 6 heteroatoms. The van der Waals surface area contributed by atoms with Gasteiger partial charge in [-0.25, -0.2) is 0 Å². The van der Waals surface area contributed by atoms with Crippen LogP contribution in [0.5, 0.6) is 0 Å². The molecule has 2 N–H and O–H groups in total. The van der Waals surface area contributed by atoms with Gasteiger partial charge in [-0.3, -0.25) is 9.78 Å². The predicted octanol–water partition coefficient (Wildman–Crippen LogP) is 2.79. The molecule has 1 saturated carbocycles. The minimum atomic E-state index is -0.367. The van der Waals surface area contributed by atoms with E-state index in [1.165, 1.54) is 0 Å². The van der Waals surface area contributed by atoms with E-state index in [9.17, 15) is 4.79 Å². The van der Waals surface area contributed by atoms with E-state index in [0.29, 0.717) is 6.54 Å². The second kappa shape index (κ2) is 8.57. The van der Waals surface area contributed by atoms with E-state index in [2.05, 4.69) is 4.98 Å². The van der Waals surface area contributed by atoms with E-state index in [1.54, 1.807) is 11.1 Å². The predicted molar refractivity (Wildman–Crippen MR) is 89.8 cm³/mol. The molecule has 1 aromatic heterocycles. The van der Waals surface area contributed by atoms with E-state index in [1.807, 2.05) is 32.2 Å². The van der Waals surface area contributed by atoms with Gasteiger partial charge in [-0.2, -0.15) is 0 Å². The van der Waals surface area contributed by atoms with Crippen molar-refractivity contribution in [2.45, 2.75) is 44.7 Å². The molecular formula is C15H25Cl2N3O. The fourth-order valence-electron chi connectivity index (χ4n) is 2.84. The monoisotopic (exact) mass is 333 g/mol. The molecule has 0 radical (unpaired) electrons. The van der Waals surface area contributed by atoms with E-state index in [0.717, 1.165) is 31.4 Å². The van der Waals surface area contributed by atoms with Gasteiger partial charge in [0.1, 0.15) is 0 Å². The number of carbonyl (C=O) groups excluding carboxylic acids is 1. The lowest BCUT2D eigenvalue weighted by molar-refractivity contribution is -0.138. The van der Waals surface area contributed by atoms with Crippen molar-refractivity contribution in [2.24, 2.45) is 11.7 Å². The average molecular weight is 334 g/mol. The van der Waals surface area contributed by atoms with Crippen LogP contribution in [-0.2, 0) is 11.3 Å². The number of aromatic nitrogens is 1. The molecule has 2 unspecified atom stereocenters. The van der Waals surface area contributed by atoms with Gasteiger partial charge in [0.15, 0.2) is 0 Å². The van der Waals surface area contributed by atoms with Gasteiger partial charge in [0.2, 0.25) is 5.91 Å². The van der Waals surface area contributed by atoms with Crippen molar-refractivity contribution in [1.82, 2.24) is 9.88 Å². The first-order valence-corrected chi connectivity index (χ1v) is 6.94. The van der Waals surface area contributed by atoms with E-state index in [-0.39, 0.29) is 42.2 Å². The maximum Gasteiger partial charge on any atom is 0.227 e. The third kappa shape index (κ3) is 5.13. The van der Waals surface area contributed by atoms with Crippen molar-refractivity contribution in [3.8, 4) is 0 Å². The third-order valence-electron chi connectivity index (χ3n) is 4.05. The molecular weight excluding hydrogens is 309 g/mol. The summed E-state index contributed by atoms with van der Waals surface area (Å²) < 4.78 is 0. The summed E-state index contributed by atoms with van der Waals surface area (Å²) >= 11 is 0. The third-order valence-corrected chi connectivity index (χ3v) is 4.05. The summed E-state index contributed by atoms with van der Waals surface area (Å²) in [6, 6.07) is 5.75. The van der Waals surface area contributed by atoms with Crippen molar-refractivity contribution in [1.29, 1.82) is 0 Å². The molecule has 1 heterocycles. The Labute approximate surface area is 139 Å². The molecule has 1 fully saturated rings. The second-order valence-electron chi connectivity index (χ2n) is 5.82. The Bertz CT molecular complexity index is 440. The molecule has 2 atom stereocenters. The molecule has 4 nitrogen and oxygen atoms in total. The Morgan fingerprint density at radius 3 is 2.71 bits per heavy atom. The minimum absolute atomic E-state index is 0. The fourth-order valence-corrected chi connectivity index (χ4v) is 2.84. The van der Waals surface area contributed by atoms with E-state index < -0.39 is 0 Å². The summed E-state index contributed by atoms with van der Waals surface area (Å²) in [4.78, 5) is 18.5. The van der Waals surface area contributed by atoms with Crippen LogP contribution in [0.1, 0.15) is 38.3 Å². The largest absolute Gasteiger partial charge is 0.340 e. The molecule has 1 aliphatic rings. The van der Waals surface area contributed by atoms with Gasteiger partial charge in [-0.15, -0.1) is 24.8 Å². The topological polar surface area (TPSA) is 59.2 Å². The van der Waals surface area contributed by atoms with Crippen molar-refractivity contribution in [2.75, 3.05) is 7.05 Å². The number of halogens is 2. The molecule has 2 rings (SSSR count). The molecule has 1 aliphatic carbocycles. The van der Waals surface area contributed by atoms with E-state index >= 15 is 0 Å². The number of nitrogens with zero attached hydrogens (tertiary/aromatic N) is 2. The van der Waals surface area contributed by atoms with Crippen molar-refractivity contribution in [3.05, 3.63) is 30.1 Å². The van der Waals surface area contributed by atoms with Crippen LogP contribution in [0.3, 0.4) is 0 Å². The first kappa shape index (κ1) is 20.2. The zero-order valence-electron chi connectivity index (χ0n) is 12.6. The molecule has 120 valence electrons. The van der Waals surface area contributed by atoms with Gasteiger partial charge in [-0.1, -0.05) is 18.9 Å². The number of hydrogen-bond acceptors (Lipinski definition) is 3. The maximum absolute atomic E-state index is 12.5. The van der Waals surface area contributed by atoms with Gasteiger partial charge in [0.25, 0.3) is 0 Å². The molecule has 1 amide bonds. The lowest BCUT2D eigenvalue weighted by Gasteiger charge is -2.39. The van der Waals surface area contributed by atoms with Crippen LogP contribution < -0.4 is 5.73 Å². The summed E-state index contributed by atoms with van der Waals surface area (Å²) in [5, 5.41) is 0. The zero-order valence-corrected chi connectivity index (χ0v) is 14.3. The first-order chi connectivity index (χ1) is 9.00. The Balaban J connectivity index is 0.00000200. The molecule has 0 saturated heterocycles. The van der Waals surface area contributed by atoms with Crippen molar-refractivity contribution >= 4 is 30.7 Å². The summed E-state index contributed by atoms with van der Waals surface area (Å²) in [6.45, 7) is 2.55. The average Bonchev–Trinajstić information content (AvgIpc) is 2.38. The quantitative estimate of drug-likeness (QED) is 0.925. The number of pyridine rings is 1. The Morgan fingerprint density at radius 2 is 2.14 bits per heavy atom. The molecule has 21 heavy (non-hydrogen) atoms. The number of nitrogens with two attached hydrogens (primary N) is 1. The highest BCUT2D eigenvalue weighted by Gasteiger charge is 2.39. The zero-order chi connectivity index (χ0) is 13.9. The molecule has 0 spiro atoms. The van der Waals surface area contributed by atoms with Crippen molar-refractivity contribution < 1.29 is 4.79 Å². The van der Waals surface area contributed by atoms with Crippen LogP contribution in [0, 0.1) is 5.92 Å². The highest BCUT2D eigenvalue weighted by atomic mass is 35.5. The van der Waals surface area contributed by atoms with Crippen molar-refractivity contribution in [3.63, 3.8) is 0 Å². The van der Waals surface area contributed by atoms with Gasteiger partial charge in [-0.05, 0) is 31.9 Å². The van der Waals surface area contributed by atoms with Crippen LogP contribution in [0.25, 0.3) is 0 Å². The fraction of sp³-hybridized carbons (Fsp3) is 0.600. The van der Waals surface area contributed by atoms with Gasteiger partial charge >= 0.3 is 0 Å². The van der Waals surface area contributed by atoms with Gasteiger partial charge in [0, 0.05) is 18.8 Å². The summed E-state index contributed by atoms with van der Waals surface area (Å²) in [7, 11) is 1.84. The maximum atomic E-state index is 12.5. The molecule has 0 aliphatic heterocycles. The molecule has 0 bridgehead atoms. The van der Waals surface area contributed by atoms with Crippen LogP contribution in [0.15, 0.2) is 24.4 Å². The Hall–Kier alpha value is -0.840. The summed E-state index contributed by atoms with van der Waals surface area (Å²) in [5.41, 5.74) is 6.83. The Morgan fingerprint density at radius 1 is 1.43 bits per heavy atom. The smallest absolute Gasteiger partial charge is 0.227 e. The minimum Gasteiger partial charge on any atom is -0.340 e. The SMILES string of the molecule is CN(Cc1ccccn1)C(=O)C1CCCCC1(C)N.Cl.Cl. The second-order valence-corrected chi connectivity index (χ2v) is 5.82. The Kier molecular flexibility index (Phi) is 8.22. The summed E-state index contributed by atoms with van der Waals surface area (Å²) in [6.07, 6.45) is 5.81. The van der Waals surface area contributed by atoms with E-state index in [4.69, 9.17) is 5.73 Å². The van der Waals surface area contributed by atoms with Crippen LogP contribution in [-0.4, -0.2) is 28.4 Å². The van der Waals surface area contributed by atoms with Crippen LogP contribution in [0.2, 0.25) is 0 Å². The standard InChI is InChI=1S/C15H23N3O.2ClH/c1-15(16)9-5-3-8-13(15)14(19)18(2)11-12-7-4-6-10-17-12;;/h4,6-7,10,13H,3,5,8-9,11,16H2,1-2H3;2*1H. The highest BCUT2D eigenvalue weighted by Crippen LogP contribution is 2.32. The number of hydrogen-bond donors (Lipinski definition) is 1. The number of amides is 1. The molecule has 1 aromatic rings. The van der Waals surface area contributed by atoms with Gasteiger partial charge in [0.05, 0.1) is 18.2 Å².